The number of hydrogen-bond acceptors (Lipinski definition) is 3. The number of hydrogen-bond donors (Lipinski definition) is 3. The lowest BCUT2D eigenvalue weighted by molar-refractivity contribution is 0.0915. The third-order valence-electron chi connectivity index (χ3n) is 3.24. The fraction of sp³-hybridized carbons (Fsp3) is 0.188. The van der Waals surface area contributed by atoms with Crippen LogP contribution in [0.5, 0.6) is 5.75 Å². The molecule has 3 N–H and O–H groups in total. The van der Waals surface area contributed by atoms with E-state index in [2.05, 4.69) is 5.32 Å². The van der Waals surface area contributed by atoms with Gasteiger partial charge >= 0.3 is 0 Å². The van der Waals surface area contributed by atoms with E-state index < -0.39 is 6.04 Å². The van der Waals surface area contributed by atoms with Crippen LogP contribution < -0.4 is 5.32 Å². The van der Waals surface area contributed by atoms with Gasteiger partial charge in [-0.15, -0.1) is 0 Å². The number of phenolic OH excluding ortho intramolecular Hbond substituents is 1. The van der Waals surface area contributed by atoms with Gasteiger partial charge in [-0.1, -0.05) is 36.4 Å². The maximum atomic E-state index is 12.2. The number of benzene rings is 2. The Hall–Kier alpha value is -2.33. The second kappa shape index (κ2) is 6.21. The molecule has 20 heavy (non-hydrogen) atoms. The topological polar surface area (TPSA) is 69.6 Å². The summed E-state index contributed by atoms with van der Waals surface area (Å²) >= 11 is 0. The van der Waals surface area contributed by atoms with Gasteiger partial charge in [0.05, 0.1) is 12.6 Å². The summed E-state index contributed by atoms with van der Waals surface area (Å²) in [7, 11) is 0. The summed E-state index contributed by atoms with van der Waals surface area (Å²) in [6, 6.07) is 13.6. The van der Waals surface area contributed by atoms with Crippen molar-refractivity contribution in [2.75, 3.05) is 6.61 Å². The first-order valence-electron chi connectivity index (χ1n) is 6.38. The quantitative estimate of drug-likeness (QED) is 0.798. The maximum absolute atomic E-state index is 12.2. The van der Waals surface area contributed by atoms with Gasteiger partial charge in [-0.3, -0.25) is 4.79 Å². The predicted molar refractivity (Wildman–Crippen MR) is 76.6 cm³/mol. The van der Waals surface area contributed by atoms with Gasteiger partial charge in [0.25, 0.3) is 5.91 Å². The Bertz CT molecular complexity index is 596. The summed E-state index contributed by atoms with van der Waals surface area (Å²) in [6.45, 7) is 1.49. The van der Waals surface area contributed by atoms with Gasteiger partial charge in [-0.25, -0.2) is 0 Å². The summed E-state index contributed by atoms with van der Waals surface area (Å²) < 4.78 is 0. The highest BCUT2D eigenvalue weighted by Crippen LogP contribution is 2.20. The van der Waals surface area contributed by atoms with Crippen molar-refractivity contribution in [1.82, 2.24) is 5.32 Å². The molecule has 0 aliphatic rings. The van der Waals surface area contributed by atoms with Crippen molar-refractivity contribution < 1.29 is 15.0 Å². The van der Waals surface area contributed by atoms with Crippen molar-refractivity contribution in [3.8, 4) is 5.75 Å². The van der Waals surface area contributed by atoms with E-state index in [1.165, 1.54) is 6.07 Å². The van der Waals surface area contributed by atoms with Gasteiger partial charge in [0.2, 0.25) is 0 Å². The average molecular weight is 271 g/mol. The van der Waals surface area contributed by atoms with Crippen LogP contribution in [0.15, 0.2) is 48.5 Å². The lowest BCUT2D eigenvalue weighted by Gasteiger charge is -2.17. The molecule has 0 unspecified atom stereocenters. The van der Waals surface area contributed by atoms with E-state index >= 15 is 0 Å². The molecule has 0 spiro atoms. The van der Waals surface area contributed by atoms with Gasteiger partial charge < -0.3 is 15.5 Å². The summed E-state index contributed by atoms with van der Waals surface area (Å²) in [5.74, 6) is -0.237. The molecule has 1 amide bonds. The third kappa shape index (κ3) is 2.97. The Morgan fingerprint density at radius 1 is 1.15 bits per heavy atom. The number of rotatable bonds is 4. The zero-order valence-electron chi connectivity index (χ0n) is 11.2. The van der Waals surface area contributed by atoms with Gasteiger partial charge in [0.15, 0.2) is 0 Å². The first-order chi connectivity index (χ1) is 9.63. The van der Waals surface area contributed by atoms with Gasteiger partial charge in [0.1, 0.15) is 5.75 Å². The van der Waals surface area contributed by atoms with E-state index in [0.29, 0.717) is 11.1 Å². The SMILES string of the molecule is Cc1c(O)cccc1C(=O)N[C@@H](CO)c1ccccc1. The summed E-state index contributed by atoms with van der Waals surface area (Å²) in [4.78, 5) is 12.2. The molecule has 4 heteroatoms. The van der Waals surface area contributed by atoms with Crippen LogP contribution >= 0.6 is 0 Å². The molecule has 0 bridgehead atoms. The van der Waals surface area contributed by atoms with Crippen LogP contribution in [0.3, 0.4) is 0 Å². The molecule has 0 radical (unpaired) electrons. The minimum absolute atomic E-state index is 0.0814. The van der Waals surface area contributed by atoms with E-state index in [-0.39, 0.29) is 18.3 Å². The Balaban J connectivity index is 2.20. The highest BCUT2D eigenvalue weighted by atomic mass is 16.3. The van der Waals surface area contributed by atoms with E-state index in [1.807, 2.05) is 30.3 Å². The number of amides is 1. The molecular formula is C16H17NO3. The number of carbonyl (C=O) groups excluding carboxylic acids is 1. The third-order valence-corrected chi connectivity index (χ3v) is 3.24. The molecule has 0 aromatic heterocycles. The van der Waals surface area contributed by atoms with E-state index in [4.69, 9.17) is 0 Å². The minimum Gasteiger partial charge on any atom is -0.508 e. The Kier molecular flexibility index (Phi) is 4.38. The Morgan fingerprint density at radius 2 is 1.85 bits per heavy atom. The lowest BCUT2D eigenvalue weighted by Crippen LogP contribution is -2.31. The highest BCUT2D eigenvalue weighted by Gasteiger charge is 2.17. The predicted octanol–water partition coefficient (Wildman–Crippen LogP) is 2.16. The van der Waals surface area contributed by atoms with Crippen LogP contribution in [0.1, 0.15) is 27.5 Å². The molecule has 0 aliphatic heterocycles. The number of carbonyl (C=O) groups is 1. The molecule has 2 aromatic carbocycles. The molecule has 0 aliphatic carbocycles. The van der Waals surface area contributed by atoms with Crippen molar-refractivity contribution in [3.05, 3.63) is 65.2 Å². The monoisotopic (exact) mass is 271 g/mol. The second-order valence-electron chi connectivity index (χ2n) is 4.57. The zero-order valence-corrected chi connectivity index (χ0v) is 11.2. The maximum Gasteiger partial charge on any atom is 0.252 e. The summed E-state index contributed by atoms with van der Waals surface area (Å²) in [6.07, 6.45) is 0. The van der Waals surface area contributed by atoms with Crippen molar-refractivity contribution in [2.24, 2.45) is 0 Å². The average Bonchev–Trinajstić information content (AvgIpc) is 2.48. The van der Waals surface area contributed by atoms with Crippen molar-refractivity contribution >= 4 is 5.91 Å². The van der Waals surface area contributed by atoms with Crippen LogP contribution in [0, 0.1) is 6.92 Å². The van der Waals surface area contributed by atoms with Gasteiger partial charge in [-0.05, 0) is 24.6 Å². The molecule has 104 valence electrons. The van der Waals surface area contributed by atoms with Crippen molar-refractivity contribution in [2.45, 2.75) is 13.0 Å². The Morgan fingerprint density at radius 3 is 2.50 bits per heavy atom. The number of aliphatic hydroxyl groups excluding tert-OH is 1. The smallest absolute Gasteiger partial charge is 0.252 e. The fourth-order valence-corrected chi connectivity index (χ4v) is 2.03. The number of phenols is 1. The first kappa shape index (κ1) is 14.1. The van der Waals surface area contributed by atoms with Crippen LogP contribution in [0.4, 0.5) is 0 Å². The van der Waals surface area contributed by atoms with Gasteiger partial charge in [-0.2, -0.15) is 0 Å². The van der Waals surface area contributed by atoms with Crippen LogP contribution in [0.25, 0.3) is 0 Å². The lowest BCUT2D eigenvalue weighted by atomic mass is 10.0. The summed E-state index contributed by atoms with van der Waals surface area (Å²) in [5.41, 5.74) is 1.76. The van der Waals surface area contributed by atoms with E-state index in [9.17, 15) is 15.0 Å². The molecule has 0 fully saturated rings. The number of aliphatic hydroxyl groups is 1. The summed E-state index contributed by atoms with van der Waals surface area (Å²) in [5, 5.41) is 21.8. The Labute approximate surface area is 117 Å². The first-order valence-corrected chi connectivity index (χ1v) is 6.38. The largest absolute Gasteiger partial charge is 0.508 e. The normalized spacial score (nSPS) is 11.9. The second-order valence-corrected chi connectivity index (χ2v) is 4.57. The molecule has 4 nitrogen and oxygen atoms in total. The highest BCUT2D eigenvalue weighted by molar-refractivity contribution is 5.96. The van der Waals surface area contributed by atoms with Gasteiger partial charge in [0, 0.05) is 11.1 Å². The van der Waals surface area contributed by atoms with Crippen LogP contribution in [0.2, 0.25) is 0 Å². The van der Waals surface area contributed by atoms with Crippen molar-refractivity contribution in [1.29, 1.82) is 0 Å². The molecule has 0 saturated carbocycles. The van der Waals surface area contributed by atoms with Crippen LogP contribution in [-0.2, 0) is 0 Å². The molecule has 0 saturated heterocycles. The standard InChI is InChI=1S/C16H17NO3/c1-11-13(8-5-9-15(11)19)16(20)17-14(10-18)12-6-3-2-4-7-12/h2-9,14,18-19H,10H2,1H3,(H,17,20)/t14-/m0/s1. The molecular weight excluding hydrogens is 254 g/mol. The zero-order chi connectivity index (χ0) is 14.5. The molecule has 0 heterocycles. The minimum atomic E-state index is -0.467. The fourth-order valence-electron chi connectivity index (χ4n) is 2.03. The van der Waals surface area contributed by atoms with Crippen LogP contribution in [-0.4, -0.2) is 22.7 Å². The molecule has 1 atom stereocenters. The number of nitrogens with one attached hydrogen (secondary N) is 1. The number of aromatic hydroxyl groups is 1. The van der Waals surface area contributed by atoms with E-state index in [1.54, 1.807) is 19.1 Å². The van der Waals surface area contributed by atoms with E-state index in [0.717, 1.165) is 5.56 Å². The molecule has 2 rings (SSSR count). The van der Waals surface area contributed by atoms with Crippen molar-refractivity contribution in [3.63, 3.8) is 0 Å². The molecule has 2 aromatic rings.